The fraction of sp³-hybridized carbons (Fsp3) is 0.214. The van der Waals surface area contributed by atoms with Crippen LogP contribution in [0.5, 0.6) is 5.75 Å². The van der Waals surface area contributed by atoms with Gasteiger partial charge in [-0.15, -0.1) is 0 Å². The van der Waals surface area contributed by atoms with Crippen LogP contribution in [0, 0.1) is 0 Å². The first kappa shape index (κ1) is 10.7. The van der Waals surface area contributed by atoms with E-state index in [0.717, 1.165) is 11.1 Å². The SMILES string of the molecule is C=CC(=CC)[C@@H]1CC(=O)Oc2ccccc21. The molecule has 2 nitrogen and oxygen atoms in total. The molecule has 0 fully saturated rings. The Bertz CT molecular complexity index is 458. The quantitative estimate of drug-likeness (QED) is 0.429. The Balaban J connectivity index is 2.48. The molecule has 1 aromatic rings. The number of hydrogen-bond donors (Lipinski definition) is 0. The molecule has 16 heavy (non-hydrogen) atoms. The fourth-order valence-corrected chi connectivity index (χ4v) is 2.06. The summed E-state index contributed by atoms with van der Waals surface area (Å²) in [7, 11) is 0. The number of fused-ring (bicyclic) bond motifs is 1. The molecule has 1 aromatic carbocycles. The minimum Gasteiger partial charge on any atom is -0.426 e. The summed E-state index contributed by atoms with van der Waals surface area (Å²) in [4.78, 5) is 11.5. The summed E-state index contributed by atoms with van der Waals surface area (Å²) < 4.78 is 5.20. The van der Waals surface area contributed by atoms with E-state index in [1.165, 1.54) is 0 Å². The maximum absolute atomic E-state index is 11.5. The molecule has 1 aliphatic rings. The lowest BCUT2D eigenvalue weighted by molar-refractivity contribution is -0.135. The first-order valence-electron chi connectivity index (χ1n) is 5.34. The van der Waals surface area contributed by atoms with Crippen molar-refractivity contribution < 1.29 is 9.53 Å². The Morgan fingerprint density at radius 3 is 2.94 bits per heavy atom. The van der Waals surface area contributed by atoms with E-state index < -0.39 is 0 Å². The number of rotatable bonds is 2. The van der Waals surface area contributed by atoms with Crippen LogP contribution in [-0.4, -0.2) is 5.97 Å². The second-order valence-electron chi connectivity index (χ2n) is 3.76. The summed E-state index contributed by atoms with van der Waals surface area (Å²) >= 11 is 0. The Hall–Kier alpha value is -1.83. The monoisotopic (exact) mass is 214 g/mol. The third-order valence-corrected chi connectivity index (χ3v) is 2.86. The molecular weight excluding hydrogens is 200 g/mol. The Kier molecular flexibility index (Phi) is 2.91. The molecule has 0 aromatic heterocycles. The van der Waals surface area contributed by atoms with Gasteiger partial charge in [0.15, 0.2) is 0 Å². The predicted octanol–water partition coefficient (Wildman–Crippen LogP) is 3.21. The second-order valence-corrected chi connectivity index (χ2v) is 3.76. The van der Waals surface area contributed by atoms with E-state index in [0.29, 0.717) is 12.2 Å². The normalized spacial score (nSPS) is 19.9. The maximum Gasteiger partial charge on any atom is 0.312 e. The van der Waals surface area contributed by atoms with Gasteiger partial charge in [-0.05, 0) is 18.6 Å². The molecule has 1 aliphatic heterocycles. The maximum atomic E-state index is 11.5. The fourth-order valence-electron chi connectivity index (χ4n) is 2.06. The summed E-state index contributed by atoms with van der Waals surface area (Å²) in [5, 5.41) is 0. The zero-order valence-corrected chi connectivity index (χ0v) is 9.27. The van der Waals surface area contributed by atoms with Gasteiger partial charge < -0.3 is 4.74 Å². The van der Waals surface area contributed by atoms with Crippen LogP contribution >= 0.6 is 0 Å². The molecule has 1 atom stereocenters. The van der Waals surface area contributed by atoms with Gasteiger partial charge in [-0.3, -0.25) is 4.79 Å². The smallest absolute Gasteiger partial charge is 0.312 e. The number of ether oxygens (including phenoxy) is 1. The molecule has 0 saturated heterocycles. The van der Waals surface area contributed by atoms with Crippen LogP contribution in [0.3, 0.4) is 0 Å². The summed E-state index contributed by atoms with van der Waals surface area (Å²) in [5.41, 5.74) is 2.14. The van der Waals surface area contributed by atoms with E-state index in [1.807, 2.05) is 37.3 Å². The number of hydrogen-bond acceptors (Lipinski definition) is 2. The lowest BCUT2D eigenvalue weighted by Crippen LogP contribution is -2.20. The lowest BCUT2D eigenvalue weighted by atomic mass is 9.86. The Morgan fingerprint density at radius 2 is 2.25 bits per heavy atom. The van der Waals surface area contributed by atoms with Crippen molar-refractivity contribution in [2.75, 3.05) is 0 Å². The molecule has 0 spiro atoms. The van der Waals surface area contributed by atoms with Crippen molar-refractivity contribution in [2.45, 2.75) is 19.3 Å². The van der Waals surface area contributed by atoms with E-state index in [2.05, 4.69) is 6.58 Å². The molecule has 0 saturated carbocycles. The lowest BCUT2D eigenvalue weighted by Gasteiger charge is -2.25. The van der Waals surface area contributed by atoms with Crippen LogP contribution in [0.25, 0.3) is 0 Å². The predicted molar refractivity (Wildman–Crippen MR) is 63.4 cm³/mol. The highest BCUT2D eigenvalue weighted by molar-refractivity contribution is 5.77. The highest BCUT2D eigenvalue weighted by Gasteiger charge is 2.27. The van der Waals surface area contributed by atoms with Gasteiger partial charge >= 0.3 is 5.97 Å². The summed E-state index contributed by atoms with van der Waals surface area (Å²) in [6.07, 6.45) is 4.19. The average Bonchev–Trinajstić information content (AvgIpc) is 2.30. The molecule has 2 rings (SSSR count). The van der Waals surface area contributed by atoms with Crippen LogP contribution in [0.1, 0.15) is 24.8 Å². The molecule has 0 amide bonds. The van der Waals surface area contributed by atoms with Crippen LogP contribution in [0.15, 0.2) is 48.6 Å². The number of benzene rings is 1. The number of esters is 1. The molecule has 0 N–H and O–H groups in total. The standard InChI is InChI=1S/C14H14O2/c1-3-10(4-2)12-9-14(15)16-13-8-6-5-7-11(12)13/h3-8,12H,1,9H2,2H3/t12-/m0/s1. The van der Waals surface area contributed by atoms with E-state index in [4.69, 9.17) is 4.74 Å². The van der Waals surface area contributed by atoms with Gasteiger partial charge in [-0.2, -0.15) is 0 Å². The number of para-hydroxylation sites is 1. The average molecular weight is 214 g/mol. The second kappa shape index (κ2) is 4.35. The van der Waals surface area contributed by atoms with E-state index in [1.54, 1.807) is 6.08 Å². The third kappa shape index (κ3) is 1.78. The highest BCUT2D eigenvalue weighted by Crippen LogP contribution is 2.38. The zero-order valence-electron chi connectivity index (χ0n) is 9.27. The van der Waals surface area contributed by atoms with Crippen molar-refractivity contribution in [1.29, 1.82) is 0 Å². The van der Waals surface area contributed by atoms with Crippen molar-refractivity contribution in [3.8, 4) is 5.75 Å². The van der Waals surface area contributed by atoms with Gasteiger partial charge in [0.05, 0.1) is 6.42 Å². The van der Waals surface area contributed by atoms with Crippen LogP contribution in [0.2, 0.25) is 0 Å². The van der Waals surface area contributed by atoms with Crippen LogP contribution in [0.4, 0.5) is 0 Å². The highest BCUT2D eigenvalue weighted by atomic mass is 16.5. The first-order valence-corrected chi connectivity index (χ1v) is 5.34. The minimum absolute atomic E-state index is 0.0833. The Morgan fingerprint density at radius 1 is 1.50 bits per heavy atom. The van der Waals surface area contributed by atoms with Crippen molar-refractivity contribution in [1.82, 2.24) is 0 Å². The van der Waals surface area contributed by atoms with Gasteiger partial charge in [0, 0.05) is 11.5 Å². The number of carbonyl (C=O) groups excluding carboxylic acids is 1. The summed E-state index contributed by atoms with van der Waals surface area (Å²) in [5.74, 6) is 0.579. The van der Waals surface area contributed by atoms with Gasteiger partial charge in [-0.1, -0.05) is 36.9 Å². The third-order valence-electron chi connectivity index (χ3n) is 2.86. The zero-order chi connectivity index (χ0) is 11.5. The van der Waals surface area contributed by atoms with Gasteiger partial charge in [-0.25, -0.2) is 0 Å². The van der Waals surface area contributed by atoms with Crippen LogP contribution < -0.4 is 4.74 Å². The minimum atomic E-state index is -0.176. The molecule has 1 heterocycles. The molecular formula is C14H14O2. The van der Waals surface area contributed by atoms with Crippen molar-refractivity contribution in [2.24, 2.45) is 0 Å². The first-order chi connectivity index (χ1) is 7.76. The van der Waals surface area contributed by atoms with E-state index in [9.17, 15) is 4.79 Å². The van der Waals surface area contributed by atoms with Crippen molar-refractivity contribution >= 4 is 5.97 Å². The molecule has 0 unspecified atom stereocenters. The molecule has 0 radical (unpaired) electrons. The largest absolute Gasteiger partial charge is 0.426 e. The Labute approximate surface area is 95.2 Å². The molecule has 82 valence electrons. The van der Waals surface area contributed by atoms with E-state index >= 15 is 0 Å². The topological polar surface area (TPSA) is 26.3 Å². The molecule has 2 heteroatoms. The van der Waals surface area contributed by atoms with Crippen molar-refractivity contribution in [3.05, 3.63) is 54.1 Å². The number of allylic oxidation sites excluding steroid dienone is 3. The number of carbonyl (C=O) groups is 1. The van der Waals surface area contributed by atoms with Crippen molar-refractivity contribution in [3.63, 3.8) is 0 Å². The van der Waals surface area contributed by atoms with Gasteiger partial charge in [0.2, 0.25) is 0 Å². The summed E-state index contributed by atoms with van der Waals surface area (Å²) in [6.45, 7) is 5.74. The summed E-state index contributed by atoms with van der Waals surface area (Å²) in [6, 6.07) is 7.66. The molecule has 0 aliphatic carbocycles. The van der Waals surface area contributed by atoms with E-state index in [-0.39, 0.29) is 11.9 Å². The molecule has 0 bridgehead atoms. The van der Waals surface area contributed by atoms with Gasteiger partial charge in [0.1, 0.15) is 5.75 Å². The van der Waals surface area contributed by atoms with Gasteiger partial charge in [0.25, 0.3) is 0 Å². The van der Waals surface area contributed by atoms with Crippen LogP contribution in [-0.2, 0) is 4.79 Å².